The van der Waals surface area contributed by atoms with Crippen LogP contribution in [0, 0.1) is 5.82 Å². The lowest BCUT2D eigenvalue weighted by atomic mass is 10.2. The van der Waals surface area contributed by atoms with E-state index in [1.807, 2.05) is 0 Å². The summed E-state index contributed by atoms with van der Waals surface area (Å²) in [5.41, 5.74) is 0.570. The van der Waals surface area contributed by atoms with Gasteiger partial charge in [0.1, 0.15) is 10.7 Å². The van der Waals surface area contributed by atoms with Crippen molar-refractivity contribution in [3.05, 3.63) is 29.6 Å². The SMILES string of the molecule is C[C@@H]1CN(S(=O)(=O)c2cc(CCl)ccc2F)C[C@H](C)O1. The summed E-state index contributed by atoms with van der Waals surface area (Å²) in [6.07, 6.45) is -0.430. The minimum absolute atomic E-state index is 0.138. The molecule has 1 heterocycles. The monoisotopic (exact) mass is 321 g/mol. The predicted molar refractivity (Wildman–Crippen MR) is 74.7 cm³/mol. The van der Waals surface area contributed by atoms with Crippen LogP contribution in [0.2, 0.25) is 0 Å². The topological polar surface area (TPSA) is 46.6 Å². The molecule has 1 aliphatic heterocycles. The molecule has 0 aromatic heterocycles. The molecule has 112 valence electrons. The average molecular weight is 322 g/mol. The van der Waals surface area contributed by atoms with Gasteiger partial charge < -0.3 is 4.74 Å². The maximum absolute atomic E-state index is 13.9. The molecule has 0 bridgehead atoms. The maximum atomic E-state index is 13.9. The molecule has 4 nitrogen and oxygen atoms in total. The summed E-state index contributed by atoms with van der Waals surface area (Å²) in [4.78, 5) is -0.322. The van der Waals surface area contributed by atoms with Crippen molar-refractivity contribution < 1.29 is 17.5 Å². The molecule has 1 aliphatic rings. The number of halogens is 2. The number of alkyl halides is 1. The summed E-state index contributed by atoms with van der Waals surface area (Å²) in [5.74, 6) is -0.621. The minimum Gasteiger partial charge on any atom is -0.373 e. The Morgan fingerprint density at radius 2 is 1.95 bits per heavy atom. The third-order valence-electron chi connectivity index (χ3n) is 3.15. The zero-order valence-corrected chi connectivity index (χ0v) is 12.9. The van der Waals surface area contributed by atoms with Crippen molar-refractivity contribution in [3.63, 3.8) is 0 Å². The van der Waals surface area contributed by atoms with E-state index in [1.165, 1.54) is 16.4 Å². The number of rotatable bonds is 3. The van der Waals surface area contributed by atoms with Gasteiger partial charge in [-0.05, 0) is 31.5 Å². The highest BCUT2D eigenvalue weighted by Gasteiger charge is 2.33. The van der Waals surface area contributed by atoms with Crippen LogP contribution in [-0.2, 0) is 20.6 Å². The van der Waals surface area contributed by atoms with E-state index in [0.29, 0.717) is 5.56 Å². The fourth-order valence-electron chi connectivity index (χ4n) is 2.29. The third kappa shape index (κ3) is 3.14. The van der Waals surface area contributed by atoms with Crippen LogP contribution in [0.15, 0.2) is 23.1 Å². The van der Waals surface area contributed by atoms with Gasteiger partial charge in [-0.3, -0.25) is 0 Å². The van der Waals surface area contributed by atoms with E-state index < -0.39 is 15.8 Å². The van der Waals surface area contributed by atoms with Crippen molar-refractivity contribution in [1.29, 1.82) is 0 Å². The molecule has 1 aromatic rings. The zero-order chi connectivity index (χ0) is 14.9. The molecule has 20 heavy (non-hydrogen) atoms. The first-order valence-corrected chi connectivity index (χ1v) is 8.32. The lowest BCUT2D eigenvalue weighted by Crippen LogP contribution is -2.48. The summed E-state index contributed by atoms with van der Waals surface area (Å²) in [7, 11) is -3.87. The Morgan fingerprint density at radius 1 is 1.35 bits per heavy atom. The van der Waals surface area contributed by atoms with E-state index >= 15 is 0 Å². The van der Waals surface area contributed by atoms with Crippen LogP contribution in [0.4, 0.5) is 4.39 Å². The Bertz CT molecular complexity index is 583. The Balaban J connectivity index is 2.39. The summed E-state index contributed by atoms with van der Waals surface area (Å²) in [6.45, 7) is 4.03. The Hall–Kier alpha value is -0.690. The van der Waals surface area contributed by atoms with Gasteiger partial charge in [-0.2, -0.15) is 4.31 Å². The lowest BCUT2D eigenvalue weighted by molar-refractivity contribution is -0.0441. The van der Waals surface area contributed by atoms with Gasteiger partial charge in [-0.1, -0.05) is 6.07 Å². The Kier molecular flexibility index (Phi) is 4.69. The average Bonchev–Trinajstić information content (AvgIpc) is 2.38. The third-order valence-corrected chi connectivity index (χ3v) is 5.31. The molecule has 0 radical (unpaired) electrons. The van der Waals surface area contributed by atoms with E-state index in [9.17, 15) is 12.8 Å². The van der Waals surface area contributed by atoms with Crippen molar-refractivity contribution in [3.8, 4) is 0 Å². The molecule has 0 unspecified atom stereocenters. The number of hydrogen-bond acceptors (Lipinski definition) is 3. The highest BCUT2D eigenvalue weighted by molar-refractivity contribution is 7.89. The molecule has 0 amide bonds. The maximum Gasteiger partial charge on any atom is 0.246 e. The van der Waals surface area contributed by atoms with Crippen LogP contribution in [0.25, 0.3) is 0 Å². The van der Waals surface area contributed by atoms with Crippen LogP contribution in [-0.4, -0.2) is 38.0 Å². The van der Waals surface area contributed by atoms with Crippen LogP contribution in [0.1, 0.15) is 19.4 Å². The molecular weight excluding hydrogens is 305 g/mol. The van der Waals surface area contributed by atoms with E-state index in [4.69, 9.17) is 16.3 Å². The number of ether oxygens (including phenoxy) is 1. The van der Waals surface area contributed by atoms with E-state index in [0.717, 1.165) is 6.07 Å². The predicted octanol–water partition coefficient (Wildman–Crippen LogP) is 2.36. The summed E-state index contributed by atoms with van der Waals surface area (Å²) in [6, 6.07) is 3.91. The number of benzene rings is 1. The standard InChI is InChI=1S/C13H17ClFNO3S/c1-9-7-16(8-10(2)19-9)20(17,18)13-5-11(6-14)3-4-12(13)15/h3-5,9-10H,6-8H2,1-2H3/t9-,10+. The largest absolute Gasteiger partial charge is 0.373 e. The summed E-state index contributed by atoms with van der Waals surface area (Å²) in [5, 5.41) is 0. The van der Waals surface area contributed by atoms with Crippen LogP contribution in [0.3, 0.4) is 0 Å². The number of morpholine rings is 1. The van der Waals surface area contributed by atoms with E-state index in [-0.39, 0.29) is 36.1 Å². The van der Waals surface area contributed by atoms with Crippen molar-refractivity contribution in [2.75, 3.05) is 13.1 Å². The molecule has 0 aliphatic carbocycles. The first-order valence-electron chi connectivity index (χ1n) is 6.34. The minimum atomic E-state index is -3.87. The van der Waals surface area contributed by atoms with Gasteiger partial charge in [0.2, 0.25) is 10.0 Å². The fourth-order valence-corrected chi connectivity index (χ4v) is 4.17. The van der Waals surface area contributed by atoms with Crippen LogP contribution >= 0.6 is 11.6 Å². The molecule has 2 atom stereocenters. The molecule has 1 fully saturated rings. The number of sulfonamides is 1. The van der Waals surface area contributed by atoms with E-state index in [2.05, 4.69) is 0 Å². The Morgan fingerprint density at radius 3 is 2.50 bits per heavy atom. The van der Waals surface area contributed by atoms with Gasteiger partial charge in [0.25, 0.3) is 0 Å². The van der Waals surface area contributed by atoms with Crippen LogP contribution in [0.5, 0.6) is 0 Å². The first kappa shape index (κ1) is 15.7. The molecule has 0 spiro atoms. The van der Waals surface area contributed by atoms with E-state index in [1.54, 1.807) is 13.8 Å². The smallest absolute Gasteiger partial charge is 0.246 e. The quantitative estimate of drug-likeness (QED) is 0.803. The molecule has 0 saturated carbocycles. The van der Waals surface area contributed by atoms with Crippen molar-refractivity contribution in [1.82, 2.24) is 4.31 Å². The van der Waals surface area contributed by atoms with Crippen molar-refractivity contribution in [2.24, 2.45) is 0 Å². The van der Waals surface area contributed by atoms with Gasteiger partial charge in [-0.25, -0.2) is 12.8 Å². The second-order valence-corrected chi connectivity index (χ2v) is 7.15. The highest BCUT2D eigenvalue weighted by atomic mass is 35.5. The van der Waals surface area contributed by atoms with Gasteiger partial charge in [-0.15, -0.1) is 11.6 Å². The highest BCUT2D eigenvalue weighted by Crippen LogP contribution is 2.24. The fraction of sp³-hybridized carbons (Fsp3) is 0.538. The molecular formula is C13H17ClFNO3S. The molecule has 1 saturated heterocycles. The summed E-state index contributed by atoms with van der Waals surface area (Å²) >= 11 is 5.68. The lowest BCUT2D eigenvalue weighted by Gasteiger charge is -2.34. The second-order valence-electron chi connectivity index (χ2n) is 4.98. The van der Waals surface area contributed by atoms with Crippen molar-refractivity contribution in [2.45, 2.75) is 36.8 Å². The molecule has 1 aromatic carbocycles. The normalized spacial score (nSPS) is 24.8. The number of nitrogens with zero attached hydrogens (tertiary/aromatic N) is 1. The Labute approximate surface area is 123 Å². The van der Waals surface area contributed by atoms with Gasteiger partial charge in [0, 0.05) is 19.0 Å². The second kappa shape index (κ2) is 5.97. The van der Waals surface area contributed by atoms with Gasteiger partial charge in [0.15, 0.2) is 0 Å². The first-order chi connectivity index (χ1) is 9.34. The molecule has 0 N–H and O–H groups in total. The summed E-state index contributed by atoms with van der Waals surface area (Å²) < 4.78 is 45.7. The van der Waals surface area contributed by atoms with Crippen LogP contribution < -0.4 is 0 Å². The zero-order valence-electron chi connectivity index (χ0n) is 11.3. The van der Waals surface area contributed by atoms with Gasteiger partial charge in [0.05, 0.1) is 12.2 Å². The molecule has 7 heteroatoms. The number of hydrogen-bond donors (Lipinski definition) is 0. The molecule has 2 rings (SSSR count). The van der Waals surface area contributed by atoms with Gasteiger partial charge >= 0.3 is 0 Å². The van der Waals surface area contributed by atoms with Crippen molar-refractivity contribution >= 4 is 21.6 Å².